The highest BCUT2D eigenvalue weighted by atomic mass is 35.5. The summed E-state index contributed by atoms with van der Waals surface area (Å²) in [6, 6.07) is 0. The lowest BCUT2D eigenvalue weighted by Crippen LogP contribution is -2.59. The van der Waals surface area contributed by atoms with Crippen LogP contribution in [0.4, 0.5) is 0 Å². The lowest BCUT2D eigenvalue weighted by molar-refractivity contribution is -0.122. The van der Waals surface area contributed by atoms with E-state index in [1.54, 1.807) is 0 Å². The van der Waals surface area contributed by atoms with Gasteiger partial charge in [0.1, 0.15) is 0 Å². The van der Waals surface area contributed by atoms with Crippen molar-refractivity contribution in [1.29, 1.82) is 0 Å². The predicted molar refractivity (Wildman–Crippen MR) is 97.7 cm³/mol. The molecule has 0 bridgehead atoms. The summed E-state index contributed by atoms with van der Waals surface area (Å²) in [5.74, 6) is 2.52. The Balaban J connectivity index is 0.00000220. The van der Waals surface area contributed by atoms with Crippen molar-refractivity contribution in [1.82, 2.24) is 15.5 Å². The van der Waals surface area contributed by atoms with Crippen LogP contribution in [0.1, 0.15) is 19.3 Å². The molecular weight excluding hydrogens is 345 g/mol. The molecule has 132 valence electrons. The largest absolute Gasteiger partial charge is 0.379 e. The van der Waals surface area contributed by atoms with Gasteiger partial charge in [-0.2, -0.15) is 11.8 Å². The van der Waals surface area contributed by atoms with Crippen molar-refractivity contribution in [2.24, 2.45) is 0 Å². The van der Waals surface area contributed by atoms with E-state index in [1.165, 1.54) is 12.2 Å². The van der Waals surface area contributed by atoms with E-state index in [1.807, 2.05) is 18.8 Å². The van der Waals surface area contributed by atoms with Crippen LogP contribution in [-0.2, 0) is 9.53 Å². The fourth-order valence-electron chi connectivity index (χ4n) is 2.91. The van der Waals surface area contributed by atoms with Crippen LogP contribution in [0.3, 0.4) is 0 Å². The van der Waals surface area contributed by atoms with E-state index in [-0.39, 0.29) is 36.3 Å². The molecule has 2 saturated heterocycles. The molecule has 0 aromatic heterocycles. The van der Waals surface area contributed by atoms with E-state index in [4.69, 9.17) is 4.74 Å². The van der Waals surface area contributed by atoms with Crippen molar-refractivity contribution in [3.8, 4) is 0 Å². The molecule has 0 aromatic carbocycles. The predicted octanol–water partition coefficient (Wildman–Crippen LogP) is 1.15. The molecule has 1 amide bonds. The van der Waals surface area contributed by atoms with Gasteiger partial charge in [-0.15, -0.1) is 24.8 Å². The van der Waals surface area contributed by atoms with Crippen molar-refractivity contribution in [2.75, 3.05) is 57.9 Å². The second kappa shape index (κ2) is 11.8. The number of amides is 1. The zero-order chi connectivity index (χ0) is 14.3. The summed E-state index contributed by atoms with van der Waals surface area (Å²) in [7, 11) is 1.92. The fourth-order valence-corrected chi connectivity index (χ4v) is 4.39. The summed E-state index contributed by atoms with van der Waals surface area (Å²) in [6.45, 7) is 5.33. The molecule has 2 heterocycles. The Morgan fingerprint density at radius 3 is 2.64 bits per heavy atom. The quantitative estimate of drug-likeness (QED) is 0.655. The van der Waals surface area contributed by atoms with Crippen LogP contribution in [0, 0.1) is 0 Å². The summed E-state index contributed by atoms with van der Waals surface area (Å²) in [5.41, 5.74) is 0.160. The number of thioether (sulfide) groups is 1. The summed E-state index contributed by atoms with van der Waals surface area (Å²) in [6.07, 6.45) is 2.70. The van der Waals surface area contributed by atoms with Crippen molar-refractivity contribution in [3.63, 3.8) is 0 Å². The van der Waals surface area contributed by atoms with Gasteiger partial charge in [-0.3, -0.25) is 9.69 Å². The molecule has 0 spiro atoms. The third-order valence-electron chi connectivity index (χ3n) is 4.21. The van der Waals surface area contributed by atoms with Gasteiger partial charge < -0.3 is 15.4 Å². The minimum absolute atomic E-state index is 0. The summed E-state index contributed by atoms with van der Waals surface area (Å²) < 4.78 is 5.45. The molecule has 0 radical (unpaired) electrons. The lowest BCUT2D eigenvalue weighted by atomic mass is 9.95. The van der Waals surface area contributed by atoms with E-state index in [0.717, 1.165) is 51.6 Å². The fraction of sp³-hybridized carbons (Fsp3) is 0.929. The molecule has 8 heteroatoms. The smallest absolute Gasteiger partial charge is 0.220 e. The number of morpholine rings is 1. The molecular formula is C14H29Cl2N3O2S. The molecule has 0 aromatic rings. The van der Waals surface area contributed by atoms with Gasteiger partial charge in [0.05, 0.1) is 13.2 Å². The Bertz CT molecular complexity index is 312. The maximum atomic E-state index is 11.9. The number of nitrogens with zero attached hydrogens (tertiary/aromatic N) is 1. The number of nitrogens with one attached hydrogen (secondary N) is 2. The van der Waals surface area contributed by atoms with Gasteiger partial charge in [-0.25, -0.2) is 0 Å². The molecule has 0 saturated carbocycles. The van der Waals surface area contributed by atoms with Gasteiger partial charge >= 0.3 is 0 Å². The first-order valence-electron chi connectivity index (χ1n) is 7.59. The Morgan fingerprint density at radius 2 is 2.05 bits per heavy atom. The molecule has 2 N–H and O–H groups in total. The zero-order valence-corrected chi connectivity index (χ0v) is 15.7. The number of rotatable bonds is 7. The van der Waals surface area contributed by atoms with E-state index in [0.29, 0.717) is 6.42 Å². The van der Waals surface area contributed by atoms with Crippen molar-refractivity contribution in [2.45, 2.75) is 24.8 Å². The Labute approximate surface area is 150 Å². The SMILES string of the molecule is CNCCCC(=O)NCC1(N2CCOCC2)CCSC1.Cl.Cl. The van der Waals surface area contributed by atoms with E-state index < -0.39 is 0 Å². The van der Waals surface area contributed by atoms with Crippen LogP contribution >= 0.6 is 36.6 Å². The highest BCUT2D eigenvalue weighted by Crippen LogP contribution is 2.33. The van der Waals surface area contributed by atoms with Crippen LogP contribution < -0.4 is 10.6 Å². The van der Waals surface area contributed by atoms with Gasteiger partial charge in [0.2, 0.25) is 5.91 Å². The Kier molecular flexibility index (Phi) is 11.9. The normalized spacial score (nSPS) is 25.1. The van der Waals surface area contributed by atoms with E-state index in [2.05, 4.69) is 15.5 Å². The molecule has 1 atom stereocenters. The topological polar surface area (TPSA) is 53.6 Å². The second-order valence-corrected chi connectivity index (χ2v) is 6.72. The molecule has 2 aliphatic heterocycles. The van der Waals surface area contributed by atoms with Gasteiger partial charge in [-0.05, 0) is 32.2 Å². The summed E-state index contributed by atoms with van der Waals surface area (Å²) in [5, 5.41) is 6.23. The lowest BCUT2D eigenvalue weighted by Gasteiger charge is -2.43. The Hall–Kier alpha value is 0.280. The molecule has 5 nitrogen and oxygen atoms in total. The van der Waals surface area contributed by atoms with E-state index in [9.17, 15) is 4.79 Å². The first kappa shape index (κ1) is 22.3. The van der Waals surface area contributed by atoms with Crippen molar-refractivity contribution in [3.05, 3.63) is 0 Å². The first-order chi connectivity index (χ1) is 9.77. The number of carbonyl (C=O) groups excluding carboxylic acids is 1. The van der Waals surface area contributed by atoms with Crippen LogP contribution in [0.15, 0.2) is 0 Å². The van der Waals surface area contributed by atoms with Crippen LogP contribution in [0.25, 0.3) is 0 Å². The third kappa shape index (κ3) is 6.42. The number of ether oxygens (including phenoxy) is 1. The Morgan fingerprint density at radius 1 is 1.32 bits per heavy atom. The van der Waals surface area contributed by atoms with Crippen LogP contribution in [-0.4, -0.2) is 74.3 Å². The average Bonchev–Trinajstić information content (AvgIpc) is 2.97. The third-order valence-corrected chi connectivity index (χ3v) is 5.44. The number of hydrogen-bond donors (Lipinski definition) is 2. The van der Waals surface area contributed by atoms with Crippen LogP contribution in [0.5, 0.6) is 0 Å². The highest BCUT2D eigenvalue weighted by molar-refractivity contribution is 7.99. The number of hydrogen-bond acceptors (Lipinski definition) is 5. The van der Waals surface area contributed by atoms with Crippen molar-refractivity contribution < 1.29 is 9.53 Å². The standard InChI is InChI=1S/C14H27N3O2S.2ClH/c1-15-5-2-3-13(18)16-11-14(4-10-20-12-14)17-6-8-19-9-7-17;;/h15H,2-12H2,1H3,(H,16,18);2*1H. The number of halogens is 2. The highest BCUT2D eigenvalue weighted by Gasteiger charge is 2.40. The van der Waals surface area contributed by atoms with Gasteiger partial charge in [0.15, 0.2) is 0 Å². The van der Waals surface area contributed by atoms with Gasteiger partial charge in [0.25, 0.3) is 0 Å². The molecule has 2 aliphatic rings. The molecule has 2 fully saturated rings. The molecule has 22 heavy (non-hydrogen) atoms. The van der Waals surface area contributed by atoms with Crippen molar-refractivity contribution >= 4 is 42.5 Å². The van der Waals surface area contributed by atoms with Gasteiger partial charge in [0, 0.05) is 37.3 Å². The molecule has 0 aliphatic carbocycles. The maximum Gasteiger partial charge on any atom is 0.220 e. The minimum atomic E-state index is 0. The van der Waals surface area contributed by atoms with E-state index >= 15 is 0 Å². The van der Waals surface area contributed by atoms with Gasteiger partial charge in [-0.1, -0.05) is 0 Å². The average molecular weight is 374 g/mol. The minimum Gasteiger partial charge on any atom is -0.379 e. The zero-order valence-electron chi connectivity index (χ0n) is 13.3. The second-order valence-electron chi connectivity index (χ2n) is 5.61. The summed E-state index contributed by atoms with van der Waals surface area (Å²) >= 11 is 2.00. The number of carbonyl (C=O) groups is 1. The molecule has 2 rings (SSSR count). The molecule has 1 unspecified atom stereocenters. The first-order valence-corrected chi connectivity index (χ1v) is 8.74. The summed E-state index contributed by atoms with van der Waals surface area (Å²) in [4.78, 5) is 14.4. The monoisotopic (exact) mass is 373 g/mol. The maximum absolute atomic E-state index is 11.9. The van der Waals surface area contributed by atoms with Crippen LogP contribution in [0.2, 0.25) is 0 Å².